The van der Waals surface area contributed by atoms with Gasteiger partial charge in [-0.3, -0.25) is 9.78 Å². The molecule has 2 aromatic carbocycles. The molecule has 1 N–H and O–H groups in total. The number of aromatic nitrogens is 1. The molecule has 4 rings (SSSR count). The molecule has 0 saturated carbocycles. The van der Waals surface area contributed by atoms with Crippen molar-refractivity contribution in [2.24, 2.45) is 0 Å². The summed E-state index contributed by atoms with van der Waals surface area (Å²) >= 11 is 0. The van der Waals surface area contributed by atoms with Gasteiger partial charge in [0.25, 0.3) is 5.91 Å². The fraction of sp³-hybridized carbons (Fsp3) is 0.182. The molecule has 1 atom stereocenters. The van der Waals surface area contributed by atoms with Crippen molar-refractivity contribution in [3.8, 4) is 22.6 Å². The molecule has 1 unspecified atom stereocenters. The van der Waals surface area contributed by atoms with E-state index in [4.69, 9.17) is 9.47 Å². The Morgan fingerprint density at radius 2 is 2.04 bits per heavy atom. The SMILES string of the molecule is O=C(COc1ccccc1)NCC1Cc2cc(-c3cccnc3)cc(F)c2O1. The molecule has 1 aromatic heterocycles. The molecule has 28 heavy (non-hydrogen) atoms. The van der Waals surface area contributed by atoms with E-state index in [-0.39, 0.29) is 30.9 Å². The number of carbonyl (C=O) groups is 1. The molecule has 1 amide bonds. The van der Waals surface area contributed by atoms with Gasteiger partial charge in [0, 0.05) is 29.9 Å². The quantitative estimate of drug-likeness (QED) is 0.714. The summed E-state index contributed by atoms with van der Waals surface area (Å²) in [6.07, 6.45) is 3.59. The zero-order valence-electron chi connectivity index (χ0n) is 15.1. The number of fused-ring (bicyclic) bond motifs is 1. The van der Waals surface area contributed by atoms with Crippen LogP contribution in [-0.2, 0) is 11.2 Å². The van der Waals surface area contributed by atoms with Crippen molar-refractivity contribution in [3.63, 3.8) is 0 Å². The van der Waals surface area contributed by atoms with Crippen LogP contribution in [0, 0.1) is 5.82 Å². The molecule has 0 aliphatic carbocycles. The smallest absolute Gasteiger partial charge is 0.258 e. The van der Waals surface area contributed by atoms with E-state index in [1.165, 1.54) is 6.07 Å². The largest absolute Gasteiger partial charge is 0.485 e. The fourth-order valence-electron chi connectivity index (χ4n) is 3.15. The maximum absolute atomic E-state index is 14.5. The van der Waals surface area contributed by atoms with Crippen LogP contribution in [-0.4, -0.2) is 30.1 Å². The lowest BCUT2D eigenvalue weighted by Crippen LogP contribution is -2.37. The van der Waals surface area contributed by atoms with Crippen molar-refractivity contribution in [1.29, 1.82) is 0 Å². The third-order valence-corrected chi connectivity index (χ3v) is 4.49. The van der Waals surface area contributed by atoms with E-state index < -0.39 is 5.82 Å². The van der Waals surface area contributed by atoms with Gasteiger partial charge < -0.3 is 14.8 Å². The van der Waals surface area contributed by atoms with E-state index in [2.05, 4.69) is 10.3 Å². The van der Waals surface area contributed by atoms with Crippen LogP contribution in [0.15, 0.2) is 67.0 Å². The van der Waals surface area contributed by atoms with Gasteiger partial charge in [0.05, 0.1) is 6.54 Å². The molecule has 1 aliphatic heterocycles. The molecule has 6 heteroatoms. The van der Waals surface area contributed by atoms with Gasteiger partial charge in [-0.1, -0.05) is 24.3 Å². The molecule has 0 fully saturated rings. The van der Waals surface area contributed by atoms with Gasteiger partial charge in [-0.25, -0.2) is 4.39 Å². The number of ether oxygens (including phenoxy) is 2. The van der Waals surface area contributed by atoms with Crippen LogP contribution >= 0.6 is 0 Å². The summed E-state index contributed by atoms with van der Waals surface area (Å²) in [7, 11) is 0. The molecule has 0 radical (unpaired) electrons. The van der Waals surface area contributed by atoms with Crippen molar-refractivity contribution in [2.45, 2.75) is 12.5 Å². The van der Waals surface area contributed by atoms with Gasteiger partial charge in [0.1, 0.15) is 11.9 Å². The van der Waals surface area contributed by atoms with Crippen LogP contribution in [0.1, 0.15) is 5.56 Å². The second-order valence-corrected chi connectivity index (χ2v) is 6.54. The zero-order valence-corrected chi connectivity index (χ0v) is 15.1. The van der Waals surface area contributed by atoms with E-state index in [1.807, 2.05) is 36.4 Å². The van der Waals surface area contributed by atoms with E-state index >= 15 is 0 Å². The Morgan fingerprint density at radius 1 is 1.18 bits per heavy atom. The molecular formula is C22H19FN2O3. The normalized spacial score (nSPS) is 14.8. The highest BCUT2D eigenvalue weighted by Gasteiger charge is 2.27. The molecular weight excluding hydrogens is 359 g/mol. The van der Waals surface area contributed by atoms with E-state index in [0.29, 0.717) is 12.2 Å². The van der Waals surface area contributed by atoms with Crippen LogP contribution in [0.3, 0.4) is 0 Å². The van der Waals surface area contributed by atoms with Crippen LogP contribution in [0.4, 0.5) is 4.39 Å². The average molecular weight is 378 g/mol. The van der Waals surface area contributed by atoms with Crippen LogP contribution in [0.25, 0.3) is 11.1 Å². The molecule has 2 heterocycles. The molecule has 5 nitrogen and oxygen atoms in total. The molecule has 3 aromatic rings. The second-order valence-electron chi connectivity index (χ2n) is 6.54. The minimum atomic E-state index is -0.405. The number of benzene rings is 2. The average Bonchev–Trinajstić information content (AvgIpc) is 3.16. The third kappa shape index (κ3) is 4.11. The number of para-hydroxylation sites is 1. The summed E-state index contributed by atoms with van der Waals surface area (Å²) in [5.74, 6) is 0.233. The van der Waals surface area contributed by atoms with Crippen molar-refractivity contribution in [3.05, 3.63) is 78.4 Å². The van der Waals surface area contributed by atoms with Gasteiger partial charge in [0.15, 0.2) is 18.2 Å². The first-order chi connectivity index (χ1) is 13.7. The number of hydrogen-bond donors (Lipinski definition) is 1. The summed E-state index contributed by atoms with van der Waals surface area (Å²) in [4.78, 5) is 16.1. The summed E-state index contributed by atoms with van der Waals surface area (Å²) in [5.41, 5.74) is 2.39. The third-order valence-electron chi connectivity index (χ3n) is 4.49. The Labute approximate surface area is 162 Å². The Morgan fingerprint density at radius 3 is 2.82 bits per heavy atom. The Kier molecular flexibility index (Phi) is 5.19. The van der Waals surface area contributed by atoms with Gasteiger partial charge in [-0.2, -0.15) is 0 Å². The van der Waals surface area contributed by atoms with Crippen molar-refractivity contribution >= 4 is 5.91 Å². The van der Waals surface area contributed by atoms with Crippen molar-refractivity contribution in [2.75, 3.05) is 13.2 Å². The Hall–Kier alpha value is -3.41. The lowest BCUT2D eigenvalue weighted by atomic mass is 10.0. The number of rotatable bonds is 6. The van der Waals surface area contributed by atoms with E-state index in [1.54, 1.807) is 24.5 Å². The van der Waals surface area contributed by atoms with E-state index in [9.17, 15) is 9.18 Å². The first-order valence-corrected chi connectivity index (χ1v) is 9.03. The van der Waals surface area contributed by atoms with Gasteiger partial charge in [-0.05, 0) is 35.9 Å². The number of nitrogens with zero attached hydrogens (tertiary/aromatic N) is 1. The number of hydrogen-bond acceptors (Lipinski definition) is 4. The van der Waals surface area contributed by atoms with Crippen LogP contribution in [0.2, 0.25) is 0 Å². The fourth-order valence-corrected chi connectivity index (χ4v) is 3.15. The number of nitrogens with one attached hydrogen (secondary N) is 1. The number of halogens is 1. The summed E-state index contributed by atoms with van der Waals surface area (Å²) in [5, 5.41) is 2.77. The standard InChI is InChI=1S/C22H19FN2O3/c23-20-11-16(15-5-4-8-24-12-15)9-17-10-19(28-22(17)20)13-25-21(26)14-27-18-6-2-1-3-7-18/h1-9,11-12,19H,10,13-14H2,(H,25,26). The monoisotopic (exact) mass is 378 g/mol. The molecule has 142 valence electrons. The second kappa shape index (κ2) is 8.08. The molecule has 1 aliphatic rings. The lowest BCUT2D eigenvalue weighted by molar-refractivity contribution is -0.123. The maximum atomic E-state index is 14.5. The van der Waals surface area contributed by atoms with E-state index in [0.717, 1.165) is 16.7 Å². The van der Waals surface area contributed by atoms with Gasteiger partial charge in [-0.15, -0.1) is 0 Å². The number of pyridine rings is 1. The predicted molar refractivity (Wildman–Crippen MR) is 103 cm³/mol. The minimum Gasteiger partial charge on any atom is -0.485 e. The number of amides is 1. The highest BCUT2D eigenvalue weighted by atomic mass is 19.1. The predicted octanol–water partition coefficient (Wildman–Crippen LogP) is 3.39. The highest BCUT2D eigenvalue weighted by molar-refractivity contribution is 5.77. The van der Waals surface area contributed by atoms with Gasteiger partial charge in [0.2, 0.25) is 0 Å². The molecule has 0 spiro atoms. The topological polar surface area (TPSA) is 60.5 Å². The van der Waals surface area contributed by atoms with Crippen molar-refractivity contribution in [1.82, 2.24) is 10.3 Å². The van der Waals surface area contributed by atoms with Gasteiger partial charge >= 0.3 is 0 Å². The summed E-state index contributed by atoms with van der Waals surface area (Å²) in [6, 6.07) is 16.2. The first kappa shape index (κ1) is 18.0. The van der Waals surface area contributed by atoms with Crippen LogP contribution < -0.4 is 14.8 Å². The molecule has 0 bridgehead atoms. The zero-order chi connectivity index (χ0) is 19.3. The summed E-state index contributed by atoms with van der Waals surface area (Å²) in [6.45, 7) is 0.205. The van der Waals surface area contributed by atoms with Crippen molar-refractivity contribution < 1.29 is 18.7 Å². The number of carbonyl (C=O) groups excluding carboxylic acids is 1. The first-order valence-electron chi connectivity index (χ1n) is 9.03. The molecule has 0 saturated heterocycles. The lowest BCUT2D eigenvalue weighted by Gasteiger charge is -2.12. The maximum Gasteiger partial charge on any atom is 0.258 e. The minimum absolute atomic E-state index is 0.0802. The highest BCUT2D eigenvalue weighted by Crippen LogP contribution is 2.35. The Balaban J connectivity index is 1.33. The Bertz CT molecular complexity index is 964. The summed E-state index contributed by atoms with van der Waals surface area (Å²) < 4.78 is 25.6. The van der Waals surface area contributed by atoms with Crippen LogP contribution in [0.5, 0.6) is 11.5 Å².